The predicted molar refractivity (Wildman–Crippen MR) is 72.9 cm³/mol. The highest BCUT2D eigenvalue weighted by atomic mass is 19.1. The molecule has 0 atom stereocenters. The standard InChI is InChI=1S/C13H16FN5O/c1-2-16-12-11(14)10(3-4-17-12)13(20)18-6-8-19-7-5-15-9-19/h3-5,7,9H,2,6,8H2,1H3,(H,16,17)(H,18,20). The van der Waals surface area contributed by atoms with Crippen molar-refractivity contribution in [3.05, 3.63) is 42.4 Å². The van der Waals surface area contributed by atoms with Gasteiger partial charge in [-0.05, 0) is 13.0 Å². The molecule has 0 unspecified atom stereocenters. The third-order valence-corrected chi connectivity index (χ3v) is 2.69. The van der Waals surface area contributed by atoms with E-state index in [4.69, 9.17) is 0 Å². The number of aromatic nitrogens is 3. The molecule has 2 N–H and O–H groups in total. The Bertz CT molecular complexity index is 570. The van der Waals surface area contributed by atoms with E-state index in [0.29, 0.717) is 19.6 Å². The number of hydrogen-bond donors (Lipinski definition) is 2. The Balaban J connectivity index is 1.96. The summed E-state index contributed by atoms with van der Waals surface area (Å²) in [7, 11) is 0. The Morgan fingerprint density at radius 3 is 3.00 bits per heavy atom. The number of rotatable bonds is 6. The molecule has 0 spiro atoms. The zero-order valence-electron chi connectivity index (χ0n) is 11.1. The predicted octanol–water partition coefficient (Wildman–Crippen LogP) is 1.28. The fraction of sp³-hybridized carbons (Fsp3) is 0.308. The molecule has 2 aromatic rings. The fourth-order valence-corrected chi connectivity index (χ4v) is 1.72. The van der Waals surface area contributed by atoms with Crippen LogP contribution in [0.15, 0.2) is 31.0 Å². The third kappa shape index (κ3) is 3.31. The maximum absolute atomic E-state index is 14.0. The van der Waals surface area contributed by atoms with Gasteiger partial charge in [-0.2, -0.15) is 0 Å². The molecule has 0 saturated carbocycles. The van der Waals surface area contributed by atoms with Gasteiger partial charge in [0.15, 0.2) is 11.6 Å². The number of carbonyl (C=O) groups is 1. The van der Waals surface area contributed by atoms with Gasteiger partial charge in [-0.25, -0.2) is 14.4 Å². The van der Waals surface area contributed by atoms with Gasteiger partial charge in [-0.15, -0.1) is 0 Å². The summed E-state index contributed by atoms with van der Waals surface area (Å²) in [6.45, 7) is 3.35. The number of halogens is 1. The summed E-state index contributed by atoms with van der Waals surface area (Å²) in [4.78, 5) is 19.7. The van der Waals surface area contributed by atoms with Crippen LogP contribution >= 0.6 is 0 Å². The third-order valence-electron chi connectivity index (χ3n) is 2.69. The van der Waals surface area contributed by atoms with Gasteiger partial charge in [-0.3, -0.25) is 4.79 Å². The summed E-state index contributed by atoms with van der Waals surface area (Å²) < 4.78 is 15.8. The van der Waals surface area contributed by atoms with E-state index in [1.54, 1.807) is 18.7 Å². The number of imidazole rings is 1. The van der Waals surface area contributed by atoms with Gasteiger partial charge in [-0.1, -0.05) is 0 Å². The second kappa shape index (κ2) is 6.65. The zero-order valence-corrected chi connectivity index (χ0v) is 11.1. The van der Waals surface area contributed by atoms with Crippen LogP contribution < -0.4 is 10.6 Å². The van der Waals surface area contributed by atoms with Gasteiger partial charge in [0.2, 0.25) is 0 Å². The van der Waals surface area contributed by atoms with Crippen molar-refractivity contribution in [3.63, 3.8) is 0 Å². The summed E-state index contributed by atoms with van der Waals surface area (Å²) in [6.07, 6.45) is 6.52. The highest BCUT2D eigenvalue weighted by Crippen LogP contribution is 2.14. The van der Waals surface area contributed by atoms with Crippen LogP contribution in [0.2, 0.25) is 0 Å². The molecule has 20 heavy (non-hydrogen) atoms. The lowest BCUT2D eigenvalue weighted by molar-refractivity contribution is 0.0948. The monoisotopic (exact) mass is 277 g/mol. The van der Waals surface area contributed by atoms with Crippen molar-refractivity contribution in [3.8, 4) is 0 Å². The van der Waals surface area contributed by atoms with E-state index >= 15 is 0 Å². The van der Waals surface area contributed by atoms with Crippen molar-refractivity contribution in [2.24, 2.45) is 0 Å². The van der Waals surface area contributed by atoms with Crippen molar-refractivity contribution in [1.82, 2.24) is 19.9 Å². The van der Waals surface area contributed by atoms with Crippen molar-refractivity contribution in [2.75, 3.05) is 18.4 Å². The molecule has 2 aromatic heterocycles. The Kier molecular flexibility index (Phi) is 4.65. The summed E-state index contributed by atoms with van der Waals surface area (Å²) in [5.41, 5.74) is -0.0124. The number of anilines is 1. The average Bonchev–Trinajstić information content (AvgIpc) is 2.94. The molecule has 0 aliphatic carbocycles. The maximum atomic E-state index is 14.0. The molecule has 2 heterocycles. The van der Waals surface area contributed by atoms with Gasteiger partial charge >= 0.3 is 0 Å². The first-order valence-electron chi connectivity index (χ1n) is 6.34. The van der Waals surface area contributed by atoms with Crippen LogP contribution in [0.25, 0.3) is 0 Å². The SMILES string of the molecule is CCNc1nccc(C(=O)NCCn2ccnc2)c1F. The number of nitrogens with one attached hydrogen (secondary N) is 2. The normalized spacial score (nSPS) is 10.3. The Hall–Kier alpha value is -2.44. The van der Waals surface area contributed by atoms with E-state index in [9.17, 15) is 9.18 Å². The van der Waals surface area contributed by atoms with Gasteiger partial charge in [0.25, 0.3) is 5.91 Å². The van der Waals surface area contributed by atoms with Crippen LogP contribution in [0, 0.1) is 5.82 Å². The van der Waals surface area contributed by atoms with E-state index in [1.165, 1.54) is 12.3 Å². The average molecular weight is 277 g/mol. The molecule has 0 bridgehead atoms. The first-order chi connectivity index (χ1) is 9.72. The summed E-state index contributed by atoms with van der Waals surface area (Å²) in [6, 6.07) is 1.36. The highest BCUT2D eigenvalue weighted by Gasteiger charge is 2.15. The van der Waals surface area contributed by atoms with Crippen LogP contribution in [0.1, 0.15) is 17.3 Å². The molecule has 106 valence electrons. The summed E-state index contributed by atoms with van der Waals surface area (Å²) in [5, 5.41) is 5.44. The largest absolute Gasteiger partial charge is 0.368 e. The van der Waals surface area contributed by atoms with E-state index in [0.717, 1.165) is 0 Å². The van der Waals surface area contributed by atoms with Crippen LogP contribution in [0.4, 0.5) is 10.2 Å². The molecule has 0 aliphatic heterocycles. The minimum Gasteiger partial charge on any atom is -0.368 e. The van der Waals surface area contributed by atoms with Gasteiger partial charge in [0.1, 0.15) is 0 Å². The number of amides is 1. The van der Waals surface area contributed by atoms with Crippen molar-refractivity contribution >= 4 is 11.7 Å². The molecule has 7 heteroatoms. The van der Waals surface area contributed by atoms with E-state index in [2.05, 4.69) is 20.6 Å². The zero-order chi connectivity index (χ0) is 14.4. The van der Waals surface area contributed by atoms with Crippen LogP contribution in [0.5, 0.6) is 0 Å². The minimum atomic E-state index is -0.630. The Labute approximate surface area is 116 Å². The molecule has 0 aliphatic rings. The Morgan fingerprint density at radius 1 is 1.45 bits per heavy atom. The molecular weight excluding hydrogens is 261 g/mol. The molecule has 0 saturated heterocycles. The lowest BCUT2D eigenvalue weighted by atomic mass is 10.2. The molecule has 0 radical (unpaired) electrons. The smallest absolute Gasteiger partial charge is 0.254 e. The lowest BCUT2D eigenvalue weighted by Crippen LogP contribution is -2.28. The van der Waals surface area contributed by atoms with Crippen molar-refractivity contribution < 1.29 is 9.18 Å². The molecule has 1 amide bonds. The second-order valence-corrected chi connectivity index (χ2v) is 4.11. The van der Waals surface area contributed by atoms with Crippen LogP contribution in [0.3, 0.4) is 0 Å². The number of hydrogen-bond acceptors (Lipinski definition) is 4. The first-order valence-corrected chi connectivity index (χ1v) is 6.34. The highest BCUT2D eigenvalue weighted by molar-refractivity contribution is 5.95. The molecule has 6 nitrogen and oxygen atoms in total. The lowest BCUT2D eigenvalue weighted by Gasteiger charge is -2.09. The maximum Gasteiger partial charge on any atom is 0.254 e. The topological polar surface area (TPSA) is 71.8 Å². The molecule has 0 fully saturated rings. The number of nitrogens with zero attached hydrogens (tertiary/aromatic N) is 3. The number of pyridine rings is 1. The number of carbonyl (C=O) groups excluding carboxylic acids is 1. The second-order valence-electron chi connectivity index (χ2n) is 4.11. The Morgan fingerprint density at radius 2 is 2.30 bits per heavy atom. The van der Waals surface area contributed by atoms with Crippen LogP contribution in [-0.4, -0.2) is 33.5 Å². The minimum absolute atomic E-state index is 0.0124. The molecule has 2 rings (SSSR count). The quantitative estimate of drug-likeness (QED) is 0.834. The van der Waals surface area contributed by atoms with Crippen molar-refractivity contribution in [1.29, 1.82) is 0 Å². The van der Waals surface area contributed by atoms with Crippen molar-refractivity contribution in [2.45, 2.75) is 13.5 Å². The van der Waals surface area contributed by atoms with E-state index in [-0.39, 0.29) is 11.4 Å². The summed E-state index contributed by atoms with van der Waals surface area (Å²) in [5.74, 6) is -0.992. The summed E-state index contributed by atoms with van der Waals surface area (Å²) >= 11 is 0. The molecule has 0 aromatic carbocycles. The first kappa shape index (κ1) is 14.0. The van der Waals surface area contributed by atoms with E-state index in [1.807, 2.05) is 11.5 Å². The molecular formula is C13H16FN5O. The fourth-order valence-electron chi connectivity index (χ4n) is 1.72. The van der Waals surface area contributed by atoms with E-state index < -0.39 is 11.7 Å². The van der Waals surface area contributed by atoms with Crippen LogP contribution in [-0.2, 0) is 6.54 Å². The van der Waals surface area contributed by atoms with Gasteiger partial charge < -0.3 is 15.2 Å². The van der Waals surface area contributed by atoms with Gasteiger partial charge in [0.05, 0.1) is 11.9 Å². The van der Waals surface area contributed by atoms with Gasteiger partial charge in [0, 0.05) is 38.2 Å².